The molecule has 34 heavy (non-hydrogen) atoms. The number of fused-ring (bicyclic) bond motifs is 1. The zero-order chi connectivity index (χ0) is 24.1. The van der Waals surface area contributed by atoms with Crippen molar-refractivity contribution in [3.63, 3.8) is 0 Å². The van der Waals surface area contributed by atoms with E-state index in [1.165, 1.54) is 23.5 Å². The van der Waals surface area contributed by atoms with Gasteiger partial charge in [0, 0.05) is 11.3 Å². The van der Waals surface area contributed by atoms with Crippen molar-refractivity contribution in [3.8, 4) is 0 Å². The van der Waals surface area contributed by atoms with E-state index in [9.17, 15) is 17.6 Å². The Morgan fingerprint density at radius 1 is 1.06 bits per heavy atom. The lowest BCUT2D eigenvalue weighted by molar-refractivity contribution is -0.118. The van der Waals surface area contributed by atoms with Crippen LogP contribution in [0.25, 0.3) is 10.2 Å². The molecule has 0 unspecified atom stereocenters. The van der Waals surface area contributed by atoms with Crippen LogP contribution < -0.4 is 4.90 Å². The summed E-state index contributed by atoms with van der Waals surface area (Å²) in [6, 6.07) is 20.4. The van der Waals surface area contributed by atoms with Crippen LogP contribution in [0.15, 0.2) is 82.6 Å². The molecule has 0 N–H and O–H groups in total. The van der Waals surface area contributed by atoms with Gasteiger partial charge < -0.3 is 0 Å². The molecule has 0 atom stereocenters. The van der Waals surface area contributed by atoms with Gasteiger partial charge in [-0.25, -0.2) is 17.8 Å². The van der Waals surface area contributed by atoms with E-state index in [1.807, 2.05) is 48.7 Å². The monoisotopic (exact) mass is 514 g/mol. The molecule has 1 heterocycles. The summed E-state index contributed by atoms with van der Waals surface area (Å²) in [5.41, 5.74) is 1.78. The highest BCUT2D eigenvalue weighted by Gasteiger charge is 2.22. The third-order valence-electron chi connectivity index (χ3n) is 5.28. The fourth-order valence-corrected chi connectivity index (χ4v) is 6.32. The van der Waals surface area contributed by atoms with Gasteiger partial charge in [-0.1, -0.05) is 41.7 Å². The van der Waals surface area contributed by atoms with E-state index in [1.54, 1.807) is 16.7 Å². The normalized spacial score (nSPS) is 11.6. The van der Waals surface area contributed by atoms with Crippen LogP contribution in [-0.4, -0.2) is 31.3 Å². The van der Waals surface area contributed by atoms with Gasteiger partial charge in [0.2, 0.25) is 5.91 Å². The molecule has 9 heteroatoms. The molecule has 0 radical (unpaired) electrons. The predicted octanol–water partition coefficient (Wildman–Crippen LogP) is 5.94. The number of hydrogen-bond donors (Lipinski definition) is 0. The van der Waals surface area contributed by atoms with Crippen molar-refractivity contribution in [3.05, 3.63) is 84.2 Å². The lowest BCUT2D eigenvalue weighted by Gasteiger charge is -2.20. The Hall–Kier alpha value is -2.75. The maximum atomic E-state index is 13.3. The number of carbonyl (C=O) groups is 1. The summed E-state index contributed by atoms with van der Waals surface area (Å²) in [6.07, 6.45) is 2.22. The molecule has 4 aromatic rings. The van der Waals surface area contributed by atoms with Crippen molar-refractivity contribution >= 4 is 54.2 Å². The average molecular weight is 515 g/mol. The van der Waals surface area contributed by atoms with Crippen molar-refractivity contribution in [2.24, 2.45) is 0 Å². The summed E-state index contributed by atoms with van der Waals surface area (Å²) in [5.74, 6) is -0.881. The topological polar surface area (TPSA) is 67.3 Å². The third kappa shape index (κ3) is 5.84. The van der Waals surface area contributed by atoms with E-state index in [-0.39, 0.29) is 29.4 Å². The van der Waals surface area contributed by atoms with Crippen LogP contribution in [0.4, 0.5) is 9.52 Å². The first-order valence-electron chi connectivity index (χ1n) is 10.6. The largest absolute Gasteiger partial charge is 0.284 e. The second kappa shape index (κ2) is 10.7. The van der Waals surface area contributed by atoms with Crippen molar-refractivity contribution in [2.45, 2.75) is 29.2 Å². The minimum Gasteiger partial charge on any atom is -0.284 e. The number of rotatable bonds is 9. The van der Waals surface area contributed by atoms with Crippen LogP contribution in [0.1, 0.15) is 18.4 Å². The lowest BCUT2D eigenvalue weighted by atomic mass is 10.2. The first-order chi connectivity index (χ1) is 16.4. The number of halogens is 1. The first kappa shape index (κ1) is 24.4. The summed E-state index contributed by atoms with van der Waals surface area (Å²) < 4.78 is 39.3. The number of carbonyl (C=O) groups excluding carboxylic acids is 1. The van der Waals surface area contributed by atoms with E-state index in [2.05, 4.69) is 11.1 Å². The second-order valence-electron chi connectivity index (χ2n) is 7.67. The van der Waals surface area contributed by atoms with Gasteiger partial charge in [0.15, 0.2) is 15.0 Å². The fourth-order valence-electron chi connectivity index (χ4n) is 3.47. The Balaban J connectivity index is 1.53. The van der Waals surface area contributed by atoms with Crippen LogP contribution in [0.5, 0.6) is 0 Å². The number of aromatic nitrogens is 1. The molecule has 0 fully saturated rings. The standard InChI is InChI=1S/C25H23FN2O3S3/c1-32-20-11-14-22-23(16-20)33-25(27-22)28(17-18-6-3-2-4-7-18)24(29)8-5-15-34(30,31)21-12-9-19(26)10-13-21/h2-4,6-7,9-14,16H,5,8,15,17H2,1H3. The number of nitrogens with zero attached hydrogens (tertiary/aromatic N) is 2. The Labute approximate surface area is 206 Å². The maximum absolute atomic E-state index is 13.3. The molecule has 0 bridgehead atoms. The first-order valence-corrected chi connectivity index (χ1v) is 14.3. The molecule has 1 amide bonds. The molecular weight excluding hydrogens is 491 g/mol. The highest BCUT2D eigenvalue weighted by atomic mass is 32.2. The molecule has 1 aromatic heterocycles. The predicted molar refractivity (Wildman–Crippen MR) is 137 cm³/mol. The van der Waals surface area contributed by atoms with Gasteiger partial charge in [-0.3, -0.25) is 9.69 Å². The molecule has 0 aliphatic rings. The number of amides is 1. The Kier molecular flexibility index (Phi) is 7.65. The summed E-state index contributed by atoms with van der Waals surface area (Å²) in [6.45, 7) is 0.347. The zero-order valence-electron chi connectivity index (χ0n) is 18.5. The summed E-state index contributed by atoms with van der Waals surface area (Å²) in [4.78, 5) is 20.7. The van der Waals surface area contributed by atoms with Gasteiger partial charge in [0.05, 0.1) is 27.4 Å². The molecular formula is C25H23FN2O3S3. The third-order valence-corrected chi connectivity index (χ3v) is 8.86. The second-order valence-corrected chi connectivity index (χ2v) is 11.7. The highest BCUT2D eigenvalue weighted by Crippen LogP contribution is 2.33. The number of sulfone groups is 1. The van der Waals surface area contributed by atoms with E-state index in [0.717, 1.165) is 32.8 Å². The quantitative estimate of drug-likeness (QED) is 0.204. The molecule has 0 spiro atoms. The molecule has 3 aromatic carbocycles. The molecule has 5 nitrogen and oxygen atoms in total. The minimum atomic E-state index is -3.60. The van der Waals surface area contributed by atoms with Crippen molar-refractivity contribution in [1.82, 2.24) is 4.98 Å². The van der Waals surface area contributed by atoms with E-state index < -0.39 is 15.7 Å². The average Bonchev–Trinajstić information content (AvgIpc) is 3.26. The molecule has 0 saturated carbocycles. The van der Waals surface area contributed by atoms with Gasteiger partial charge in [-0.2, -0.15) is 0 Å². The smallest absolute Gasteiger partial charge is 0.229 e. The number of benzene rings is 3. The van der Waals surface area contributed by atoms with Crippen LogP contribution in [-0.2, 0) is 21.2 Å². The molecule has 176 valence electrons. The van der Waals surface area contributed by atoms with Crippen LogP contribution in [0.3, 0.4) is 0 Å². The zero-order valence-corrected chi connectivity index (χ0v) is 20.9. The van der Waals surface area contributed by atoms with Crippen LogP contribution in [0, 0.1) is 5.82 Å². The summed E-state index contributed by atoms with van der Waals surface area (Å²) in [5, 5.41) is 0.587. The Morgan fingerprint density at radius 3 is 2.50 bits per heavy atom. The van der Waals surface area contributed by atoms with E-state index in [0.29, 0.717) is 11.7 Å². The van der Waals surface area contributed by atoms with Crippen LogP contribution >= 0.6 is 23.1 Å². The van der Waals surface area contributed by atoms with Gasteiger partial charge in [0.1, 0.15) is 5.82 Å². The van der Waals surface area contributed by atoms with Gasteiger partial charge in [-0.15, -0.1) is 11.8 Å². The SMILES string of the molecule is CSc1ccc2nc(N(Cc3ccccc3)C(=O)CCCS(=O)(=O)c3ccc(F)cc3)sc2c1. The van der Waals surface area contributed by atoms with Crippen molar-refractivity contribution in [2.75, 3.05) is 16.9 Å². The molecule has 0 saturated heterocycles. The fraction of sp³-hybridized carbons (Fsp3) is 0.200. The Bertz CT molecular complexity index is 1390. The van der Waals surface area contributed by atoms with Crippen LogP contribution in [0.2, 0.25) is 0 Å². The number of thiazole rings is 1. The van der Waals surface area contributed by atoms with E-state index >= 15 is 0 Å². The maximum Gasteiger partial charge on any atom is 0.229 e. The van der Waals surface area contributed by atoms with Gasteiger partial charge in [0.25, 0.3) is 0 Å². The van der Waals surface area contributed by atoms with Crippen molar-refractivity contribution < 1.29 is 17.6 Å². The van der Waals surface area contributed by atoms with Gasteiger partial charge >= 0.3 is 0 Å². The number of anilines is 1. The number of hydrogen-bond acceptors (Lipinski definition) is 6. The summed E-state index contributed by atoms with van der Waals surface area (Å²) >= 11 is 3.09. The minimum absolute atomic E-state index is 0.0539. The molecule has 0 aliphatic heterocycles. The molecule has 4 rings (SSSR count). The Morgan fingerprint density at radius 2 is 1.79 bits per heavy atom. The highest BCUT2D eigenvalue weighted by molar-refractivity contribution is 7.98. The van der Waals surface area contributed by atoms with E-state index in [4.69, 9.17) is 0 Å². The summed E-state index contributed by atoms with van der Waals surface area (Å²) in [7, 11) is -3.60. The van der Waals surface area contributed by atoms with Gasteiger partial charge in [-0.05, 0) is 60.7 Å². The lowest BCUT2D eigenvalue weighted by Crippen LogP contribution is -2.30. The van der Waals surface area contributed by atoms with Crippen molar-refractivity contribution in [1.29, 1.82) is 0 Å². The molecule has 0 aliphatic carbocycles. The number of thioether (sulfide) groups is 1.